The molecule has 1 amide bonds. The van der Waals surface area contributed by atoms with E-state index in [0.29, 0.717) is 26.0 Å². The van der Waals surface area contributed by atoms with Gasteiger partial charge in [0.2, 0.25) is 5.91 Å². The van der Waals surface area contributed by atoms with Crippen LogP contribution in [0.2, 0.25) is 0 Å². The van der Waals surface area contributed by atoms with Gasteiger partial charge in [-0.2, -0.15) is 0 Å². The molecule has 7 nitrogen and oxygen atoms in total. The highest BCUT2D eigenvalue weighted by Crippen LogP contribution is 2.67. The molecule has 0 spiro atoms. The molecule has 0 aliphatic heterocycles. The van der Waals surface area contributed by atoms with Crippen molar-refractivity contribution >= 4 is 11.7 Å². The fourth-order valence-corrected chi connectivity index (χ4v) is 8.44. The average molecular weight is 492 g/mol. The van der Waals surface area contributed by atoms with E-state index in [1.54, 1.807) is 13.2 Å². The van der Waals surface area contributed by atoms with Crippen LogP contribution in [0.25, 0.3) is 0 Å². The second-order valence-corrected chi connectivity index (χ2v) is 12.6. The molecule has 4 rings (SSSR count). The second-order valence-electron chi connectivity index (χ2n) is 12.6. The van der Waals surface area contributed by atoms with Gasteiger partial charge in [0, 0.05) is 36.9 Å². The number of methoxy groups -OCH3 is 1. The normalized spacial score (nSPS) is 43.8. The number of amides is 1. The summed E-state index contributed by atoms with van der Waals surface area (Å²) in [6.07, 6.45) is 3.57. The summed E-state index contributed by atoms with van der Waals surface area (Å²) < 4.78 is 5.30. The van der Waals surface area contributed by atoms with Crippen molar-refractivity contribution in [3.8, 4) is 0 Å². The molecule has 9 atom stereocenters. The number of ether oxygens (including phenoxy) is 1. The first kappa shape index (κ1) is 26.8. The number of allylic oxidation sites excluding steroid dienone is 1. The quantitative estimate of drug-likeness (QED) is 0.527. The Bertz CT molecular complexity index is 887. The topological polar surface area (TPSA) is 107 Å². The first-order valence-electron chi connectivity index (χ1n) is 13.5. The van der Waals surface area contributed by atoms with Crippen LogP contribution in [0.15, 0.2) is 11.6 Å². The van der Waals surface area contributed by atoms with Gasteiger partial charge in [0.1, 0.15) is 0 Å². The minimum atomic E-state index is -1.12. The van der Waals surface area contributed by atoms with Crippen LogP contribution in [0.1, 0.15) is 73.1 Å². The molecule has 0 heterocycles. The number of fused-ring (bicyclic) bond motifs is 5. The number of aliphatic hydroxyl groups is 3. The summed E-state index contributed by atoms with van der Waals surface area (Å²) in [6, 6.07) is -0.0643. The maximum Gasteiger partial charge on any atom is 0.225 e. The van der Waals surface area contributed by atoms with Crippen LogP contribution in [0, 0.1) is 34.5 Å². The zero-order valence-electron chi connectivity index (χ0n) is 22.3. The monoisotopic (exact) mass is 491 g/mol. The predicted octanol–water partition coefficient (Wildman–Crippen LogP) is 2.71. The van der Waals surface area contributed by atoms with Gasteiger partial charge < -0.3 is 25.0 Å². The fraction of sp³-hybridized carbons (Fsp3) is 0.857. The molecule has 198 valence electrons. The van der Waals surface area contributed by atoms with Crippen molar-refractivity contribution in [2.24, 2.45) is 34.5 Å². The van der Waals surface area contributed by atoms with E-state index in [-0.39, 0.29) is 47.8 Å². The van der Waals surface area contributed by atoms with Crippen molar-refractivity contribution in [1.82, 2.24) is 4.90 Å². The summed E-state index contributed by atoms with van der Waals surface area (Å²) in [5.74, 6) is -0.293. The van der Waals surface area contributed by atoms with Crippen LogP contribution in [0.5, 0.6) is 0 Å². The lowest BCUT2D eigenvalue weighted by Gasteiger charge is -2.60. The van der Waals surface area contributed by atoms with Gasteiger partial charge in [-0.25, -0.2) is 0 Å². The molecule has 0 bridgehead atoms. The van der Waals surface area contributed by atoms with E-state index in [9.17, 15) is 24.9 Å². The summed E-state index contributed by atoms with van der Waals surface area (Å²) in [6.45, 7) is 11.1. The average Bonchev–Trinajstić information content (AvgIpc) is 3.07. The van der Waals surface area contributed by atoms with Gasteiger partial charge in [-0.3, -0.25) is 9.59 Å². The molecule has 0 aromatic heterocycles. The molecule has 0 saturated heterocycles. The van der Waals surface area contributed by atoms with Crippen LogP contribution < -0.4 is 0 Å². The van der Waals surface area contributed by atoms with Gasteiger partial charge in [-0.15, -0.1) is 0 Å². The lowest BCUT2D eigenvalue weighted by molar-refractivity contribution is -0.155. The van der Waals surface area contributed by atoms with Gasteiger partial charge in [0.05, 0.1) is 24.4 Å². The van der Waals surface area contributed by atoms with Crippen LogP contribution in [-0.4, -0.2) is 76.0 Å². The zero-order chi connectivity index (χ0) is 25.9. The number of aliphatic hydroxyl groups excluding tert-OH is 2. The summed E-state index contributed by atoms with van der Waals surface area (Å²) in [4.78, 5) is 28.4. The maximum atomic E-state index is 13.3. The third-order valence-corrected chi connectivity index (χ3v) is 10.6. The first-order chi connectivity index (χ1) is 16.3. The molecule has 3 saturated carbocycles. The summed E-state index contributed by atoms with van der Waals surface area (Å²) in [7, 11) is 1.64. The molecule has 0 aromatic rings. The van der Waals surface area contributed by atoms with Crippen molar-refractivity contribution in [2.45, 2.75) is 97.0 Å². The Labute approximate surface area is 209 Å². The molecule has 4 aliphatic carbocycles. The SMILES string of the molecule is COCCN(C(=O)C(C)C)C(C)C1CCC2(O)C3=CC(=O)C4CC(O)C(O)CC4(C)C3CCC12C. The van der Waals surface area contributed by atoms with Gasteiger partial charge in [0.15, 0.2) is 5.78 Å². The summed E-state index contributed by atoms with van der Waals surface area (Å²) >= 11 is 0. The largest absolute Gasteiger partial charge is 0.390 e. The highest BCUT2D eigenvalue weighted by atomic mass is 16.5. The van der Waals surface area contributed by atoms with Crippen molar-refractivity contribution in [2.75, 3.05) is 20.3 Å². The van der Waals surface area contributed by atoms with Crippen LogP contribution in [0.3, 0.4) is 0 Å². The van der Waals surface area contributed by atoms with E-state index < -0.39 is 28.6 Å². The minimum Gasteiger partial charge on any atom is -0.390 e. The first-order valence-corrected chi connectivity index (χ1v) is 13.5. The molecule has 3 N–H and O–H groups in total. The van der Waals surface area contributed by atoms with E-state index in [1.165, 1.54) is 0 Å². The molecule has 35 heavy (non-hydrogen) atoms. The fourth-order valence-electron chi connectivity index (χ4n) is 8.44. The van der Waals surface area contributed by atoms with Gasteiger partial charge in [0.25, 0.3) is 0 Å². The lowest BCUT2D eigenvalue weighted by Crippen LogP contribution is -2.61. The number of hydrogen-bond acceptors (Lipinski definition) is 6. The number of carbonyl (C=O) groups excluding carboxylic acids is 2. The number of ketones is 1. The molecule has 7 heteroatoms. The molecule has 3 fully saturated rings. The van der Waals surface area contributed by atoms with E-state index in [1.807, 2.05) is 18.7 Å². The third kappa shape index (κ3) is 3.92. The Morgan fingerprint density at radius 1 is 1.14 bits per heavy atom. The Morgan fingerprint density at radius 2 is 1.83 bits per heavy atom. The maximum absolute atomic E-state index is 13.3. The van der Waals surface area contributed by atoms with Gasteiger partial charge in [-0.1, -0.05) is 27.7 Å². The molecular weight excluding hydrogens is 446 g/mol. The molecule has 0 radical (unpaired) electrons. The molecule has 9 unspecified atom stereocenters. The van der Waals surface area contributed by atoms with Crippen molar-refractivity contribution < 1.29 is 29.6 Å². The third-order valence-electron chi connectivity index (χ3n) is 10.6. The molecular formula is C28H45NO6. The number of rotatable bonds is 6. The van der Waals surface area contributed by atoms with Crippen LogP contribution in [-0.2, 0) is 14.3 Å². The molecule has 4 aliphatic rings. The summed E-state index contributed by atoms with van der Waals surface area (Å²) in [5.41, 5.74) is -1.23. The number of nitrogens with zero attached hydrogens (tertiary/aromatic N) is 1. The predicted molar refractivity (Wildman–Crippen MR) is 132 cm³/mol. The minimum absolute atomic E-state index is 0.00127. The van der Waals surface area contributed by atoms with Crippen LogP contribution >= 0.6 is 0 Å². The van der Waals surface area contributed by atoms with Crippen molar-refractivity contribution in [3.05, 3.63) is 11.6 Å². The van der Waals surface area contributed by atoms with E-state index in [0.717, 1.165) is 24.8 Å². The van der Waals surface area contributed by atoms with E-state index >= 15 is 0 Å². The Balaban J connectivity index is 1.68. The lowest BCUT2D eigenvalue weighted by atomic mass is 9.46. The highest BCUT2D eigenvalue weighted by molar-refractivity contribution is 5.95. The van der Waals surface area contributed by atoms with Crippen molar-refractivity contribution in [1.29, 1.82) is 0 Å². The van der Waals surface area contributed by atoms with Gasteiger partial charge >= 0.3 is 0 Å². The Kier molecular flexibility index (Phi) is 7.06. The van der Waals surface area contributed by atoms with Gasteiger partial charge in [-0.05, 0) is 74.3 Å². The molecule has 0 aromatic carbocycles. The van der Waals surface area contributed by atoms with Crippen LogP contribution in [0.4, 0.5) is 0 Å². The Hall–Kier alpha value is -1.28. The smallest absolute Gasteiger partial charge is 0.225 e. The second kappa shape index (κ2) is 9.23. The zero-order valence-corrected chi connectivity index (χ0v) is 22.3. The highest BCUT2D eigenvalue weighted by Gasteiger charge is 2.67. The van der Waals surface area contributed by atoms with E-state index in [4.69, 9.17) is 4.74 Å². The summed E-state index contributed by atoms with van der Waals surface area (Å²) in [5, 5.41) is 33.2. The van der Waals surface area contributed by atoms with Crippen molar-refractivity contribution in [3.63, 3.8) is 0 Å². The standard InChI is InChI=1S/C28H45NO6/c1-16(2)25(33)29(11-12-35-6)17(3)18-8-10-28(34)20-13-22(30)21-14-23(31)24(32)15-26(21,4)19(20)7-9-27(18,28)5/h13,16-19,21,23-24,31-32,34H,7-12,14-15H2,1-6H3. The van der Waals surface area contributed by atoms with E-state index in [2.05, 4.69) is 20.8 Å². The Morgan fingerprint density at radius 3 is 2.46 bits per heavy atom. The number of hydrogen-bond donors (Lipinski definition) is 3. The number of carbonyl (C=O) groups is 2.